The van der Waals surface area contributed by atoms with Gasteiger partial charge in [0.05, 0.1) is 0 Å². The Labute approximate surface area is 88.0 Å². The molecule has 0 heterocycles. The lowest BCUT2D eigenvalue weighted by Crippen LogP contribution is -2.19. The zero-order chi connectivity index (χ0) is 11.5. The first-order valence-electron chi connectivity index (χ1n) is 4.78. The van der Waals surface area contributed by atoms with Gasteiger partial charge in [0.25, 0.3) is 0 Å². The van der Waals surface area contributed by atoms with Crippen molar-refractivity contribution in [3.8, 4) is 5.75 Å². The van der Waals surface area contributed by atoms with Gasteiger partial charge in [0.15, 0.2) is 0 Å². The van der Waals surface area contributed by atoms with Crippen LogP contribution in [-0.4, -0.2) is 12.2 Å². The fraction of sp³-hybridized carbons (Fsp3) is 0.455. The van der Waals surface area contributed by atoms with Crippen molar-refractivity contribution in [1.29, 1.82) is 0 Å². The van der Waals surface area contributed by atoms with Gasteiger partial charge in [-0.1, -0.05) is 12.1 Å². The van der Waals surface area contributed by atoms with E-state index < -0.39 is 6.11 Å². The minimum Gasteiger partial charge on any atom is -0.433 e. The minimum absolute atomic E-state index is 0.0596. The van der Waals surface area contributed by atoms with E-state index in [2.05, 4.69) is 4.74 Å². The summed E-state index contributed by atoms with van der Waals surface area (Å²) in [7, 11) is 0. The Kier molecular flexibility index (Phi) is 3.63. The van der Waals surface area contributed by atoms with E-state index in [0.29, 0.717) is 6.92 Å². The Hall–Kier alpha value is -1.16. The summed E-state index contributed by atoms with van der Waals surface area (Å²) in [4.78, 5) is 0. The van der Waals surface area contributed by atoms with Crippen LogP contribution in [-0.2, 0) is 6.42 Å². The summed E-state index contributed by atoms with van der Waals surface area (Å²) in [5.74, 6) is 0.163. The molecule has 0 spiro atoms. The molecule has 84 valence electrons. The zero-order valence-corrected chi connectivity index (χ0v) is 8.84. The Morgan fingerprint density at radius 1 is 1.33 bits per heavy atom. The van der Waals surface area contributed by atoms with E-state index in [0.717, 1.165) is 12.0 Å². The van der Waals surface area contributed by atoms with Gasteiger partial charge in [-0.25, -0.2) is 0 Å². The number of nitrogens with two attached hydrogens (primary N) is 1. The van der Waals surface area contributed by atoms with Crippen molar-refractivity contribution < 1.29 is 13.5 Å². The van der Waals surface area contributed by atoms with Crippen LogP contribution in [0.5, 0.6) is 5.75 Å². The molecule has 1 atom stereocenters. The van der Waals surface area contributed by atoms with Crippen LogP contribution in [0.3, 0.4) is 0 Å². The lowest BCUT2D eigenvalue weighted by Gasteiger charge is -2.13. The van der Waals surface area contributed by atoms with E-state index in [9.17, 15) is 8.78 Å². The first kappa shape index (κ1) is 11.9. The van der Waals surface area contributed by atoms with Crippen molar-refractivity contribution in [1.82, 2.24) is 0 Å². The lowest BCUT2D eigenvalue weighted by molar-refractivity contribution is -0.158. The number of hydrogen-bond acceptors (Lipinski definition) is 2. The van der Waals surface area contributed by atoms with E-state index in [1.807, 2.05) is 6.92 Å². The van der Waals surface area contributed by atoms with Crippen LogP contribution in [0.25, 0.3) is 0 Å². The van der Waals surface area contributed by atoms with Gasteiger partial charge in [0, 0.05) is 13.0 Å². The number of hydrogen-bond donors (Lipinski definition) is 1. The molecular weight excluding hydrogens is 200 g/mol. The van der Waals surface area contributed by atoms with Gasteiger partial charge in [0.1, 0.15) is 5.75 Å². The van der Waals surface area contributed by atoms with Crippen LogP contribution in [0, 0.1) is 0 Å². The second-order valence-electron chi connectivity index (χ2n) is 3.74. The highest BCUT2D eigenvalue weighted by molar-refractivity contribution is 5.27. The Balaban J connectivity index is 2.64. The van der Waals surface area contributed by atoms with E-state index in [4.69, 9.17) is 5.73 Å². The van der Waals surface area contributed by atoms with Gasteiger partial charge < -0.3 is 10.5 Å². The fourth-order valence-electron chi connectivity index (χ4n) is 1.27. The summed E-state index contributed by atoms with van der Waals surface area (Å²) in [5.41, 5.74) is 6.62. The molecule has 1 unspecified atom stereocenters. The van der Waals surface area contributed by atoms with Gasteiger partial charge in [-0.15, -0.1) is 0 Å². The van der Waals surface area contributed by atoms with E-state index >= 15 is 0 Å². The molecule has 0 saturated carbocycles. The molecule has 0 aliphatic rings. The molecule has 0 amide bonds. The smallest absolute Gasteiger partial charge is 0.394 e. The SMILES string of the molecule is CC(N)Cc1ccc(OC(C)(F)F)cc1. The van der Waals surface area contributed by atoms with Crippen LogP contribution in [0.4, 0.5) is 8.78 Å². The Bertz CT molecular complexity index is 303. The summed E-state index contributed by atoms with van der Waals surface area (Å²) in [6.45, 7) is 2.60. The maximum absolute atomic E-state index is 12.5. The van der Waals surface area contributed by atoms with Crippen LogP contribution < -0.4 is 10.5 Å². The Morgan fingerprint density at radius 2 is 1.87 bits per heavy atom. The number of rotatable bonds is 4. The minimum atomic E-state index is -3.14. The van der Waals surface area contributed by atoms with E-state index in [1.54, 1.807) is 12.1 Å². The zero-order valence-electron chi connectivity index (χ0n) is 8.84. The molecule has 0 aliphatic heterocycles. The quantitative estimate of drug-likeness (QED) is 0.837. The highest BCUT2D eigenvalue weighted by Crippen LogP contribution is 2.21. The monoisotopic (exact) mass is 215 g/mol. The first-order valence-corrected chi connectivity index (χ1v) is 4.78. The summed E-state index contributed by atoms with van der Waals surface area (Å²) >= 11 is 0. The Morgan fingerprint density at radius 3 is 2.27 bits per heavy atom. The van der Waals surface area contributed by atoms with Gasteiger partial charge in [-0.3, -0.25) is 0 Å². The van der Waals surface area contributed by atoms with Gasteiger partial charge >= 0.3 is 6.11 Å². The van der Waals surface area contributed by atoms with Crippen LogP contribution >= 0.6 is 0 Å². The van der Waals surface area contributed by atoms with E-state index in [1.165, 1.54) is 12.1 Å². The van der Waals surface area contributed by atoms with Crippen LogP contribution in [0.2, 0.25) is 0 Å². The highest BCUT2D eigenvalue weighted by atomic mass is 19.3. The van der Waals surface area contributed by atoms with Crippen molar-refractivity contribution in [3.63, 3.8) is 0 Å². The van der Waals surface area contributed by atoms with Crippen molar-refractivity contribution >= 4 is 0 Å². The molecular formula is C11H15F2NO. The molecule has 1 rings (SSSR count). The molecule has 1 aromatic rings. The average Bonchev–Trinajstić information content (AvgIpc) is 2.05. The highest BCUT2D eigenvalue weighted by Gasteiger charge is 2.22. The third-order valence-electron chi connectivity index (χ3n) is 1.78. The molecule has 1 aromatic carbocycles. The lowest BCUT2D eigenvalue weighted by atomic mass is 10.1. The second-order valence-corrected chi connectivity index (χ2v) is 3.74. The normalized spacial score (nSPS) is 13.7. The molecule has 0 saturated heterocycles. The molecule has 0 aliphatic carbocycles. The maximum Gasteiger partial charge on any atom is 0.394 e. The fourth-order valence-corrected chi connectivity index (χ4v) is 1.27. The molecule has 0 fully saturated rings. The average molecular weight is 215 g/mol. The largest absolute Gasteiger partial charge is 0.433 e. The first-order chi connectivity index (χ1) is 6.87. The predicted octanol–water partition coefficient (Wildman–Crippen LogP) is 2.57. The molecule has 0 bridgehead atoms. The standard InChI is InChI=1S/C11H15F2NO/c1-8(14)7-9-3-5-10(6-4-9)15-11(2,12)13/h3-6,8H,7,14H2,1-2H3. The van der Waals surface area contributed by atoms with Crippen molar-refractivity contribution in [3.05, 3.63) is 29.8 Å². The van der Waals surface area contributed by atoms with Crippen LogP contribution in [0.15, 0.2) is 24.3 Å². The molecule has 2 N–H and O–H groups in total. The van der Waals surface area contributed by atoms with Crippen LogP contribution in [0.1, 0.15) is 19.4 Å². The molecule has 0 radical (unpaired) electrons. The van der Waals surface area contributed by atoms with Gasteiger partial charge in [0.2, 0.25) is 0 Å². The summed E-state index contributed by atoms with van der Waals surface area (Å²) in [6, 6.07) is 6.59. The third-order valence-corrected chi connectivity index (χ3v) is 1.78. The van der Waals surface area contributed by atoms with Gasteiger partial charge in [-0.05, 0) is 31.0 Å². The second kappa shape index (κ2) is 4.57. The predicted molar refractivity (Wildman–Crippen MR) is 55.0 cm³/mol. The number of halogens is 2. The molecule has 4 heteroatoms. The summed E-state index contributed by atoms with van der Waals surface area (Å²) < 4.78 is 29.3. The van der Waals surface area contributed by atoms with Gasteiger partial charge in [-0.2, -0.15) is 8.78 Å². The van der Waals surface area contributed by atoms with Crippen molar-refractivity contribution in [2.75, 3.05) is 0 Å². The number of alkyl halides is 2. The number of ether oxygens (including phenoxy) is 1. The molecule has 0 aromatic heterocycles. The maximum atomic E-state index is 12.5. The summed E-state index contributed by atoms with van der Waals surface area (Å²) in [5, 5.41) is 0. The van der Waals surface area contributed by atoms with Crippen molar-refractivity contribution in [2.24, 2.45) is 5.73 Å². The number of benzene rings is 1. The van der Waals surface area contributed by atoms with E-state index in [-0.39, 0.29) is 11.8 Å². The molecule has 2 nitrogen and oxygen atoms in total. The van der Waals surface area contributed by atoms with Crippen molar-refractivity contribution in [2.45, 2.75) is 32.4 Å². The third kappa shape index (κ3) is 4.74. The topological polar surface area (TPSA) is 35.2 Å². The molecule has 15 heavy (non-hydrogen) atoms. The summed E-state index contributed by atoms with van der Waals surface area (Å²) in [6.07, 6.45) is -2.41.